The molecule has 0 spiro atoms. The van der Waals surface area contributed by atoms with Gasteiger partial charge in [0.25, 0.3) is 0 Å². The van der Waals surface area contributed by atoms with E-state index in [1.165, 1.54) is 0 Å². The largest absolute Gasteiger partial charge is 0.463 e. The molecular weight excluding hydrogens is 278 g/mol. The van der Waals surface area contributed by atoms with Crippen LogP contribution in [0.25, 0.3) is 0 Å². The molecule has 0 saturated carbocycles. The molecule has 7 nitrogen and oxygen atoms in total. The van der Waals surface area contributed by atoms with Crippen molar-refractivity contribution in [3.8, 4) is 0 Å². The topological polar surface area (TPSA) is 90.9 Å². The first-order valence-corrected chi connectivity index (χ1v) is 6.65. The Morgan fingerprint density at radius 3 is 2.10 bits per heavy atom. The number of esters is 2. The lowest BCUT2D eigenvalue weighted by molar-refractivity contribution is -0.140. The van der Waals surface area contributed by atoms with Crippen molar-refractivity contribution in [1.82, 2.24) is 5.32 Å². The van der Waals surface area contributed by atoms with E-state index in [0.717, 1.165) is 12.2 Å². The van der Waals surface area contributed by atoms with E-state index in [2.05, 4.69) is 10.1 Å². The number of amides is 1. The van der Waals surface area contributed by atoms with E-state index in [9.17, 15) is 14.4 Å². The lowest BCUT2D eigenvalue weighted by atomic mass is 10.2. The van der Waals surface area contributed by atoms with Gasteiger partial charge in [-0.05, 0) is 34.6 Å². The Balaban J connectivity index is 4.02. The van der Waals surface area contributed by atoms with Crippen LogP contribution in [0.3, 0.4) is 0 Å². The number of alkyl carbamates (subject to hydrolysis) is 1. The van der Waals surface area contributed by atoms with Crippen molar-refractivity contribution in [3.63, 3.8) is 0 Å². The minimum Gasteiger partial charge on any atom is -0.463 e. The molecule has 0 radical (unpaired) electrons. The molecule has 0 saturated heterocycles. The van der Waals surface area contributed by atoms with Gasteiger partial charge < -0.3 is 19.5 Å². The normalized spacial score (nSPS) is 12.6. The number of rotatable bonds is 6. The number of carbonyl (C=O) groups excluding carboxylic acids is 3. The van der Waals surface area contributed by atoms with Crippen molar-refractivity contribution in [3.05, 3.63) is 12.2 Å². The van der Waals surface area contributed by atoms with E-state index in [4.69, 9.17) is 9.47 Å². The summed E-state index contributed by atoms with van der Waals surface area (Å²) in [6.45, 7) is 8.76. The smallest absolute Gasteiger partial charge is 0.407 e. The van der Waals surface area contributed by atoms with Crippen LogP contribution in [0.2, 0.25) is 0 Å². The summed E-state index contributed by atoms with van der Waals surface area (Å²) in [6.07, 6.45) is 1.36. The lowest BCUT2D eigenvalue weighted by Crippen LogP contribution is -2.40. The number of ether oxygens (including phenoxy) is 3. The molecule has 1 N–H and O–H groups in total. The van der Waals surface area contributed by atoms with E-state index >= 15 is 0 Å². The Bertz CT molecular complexity index is 397. The highest BCUT2D eigenvalue weighted by Crippen LogP contribution is 2.06. The van der Waals surface area contributed by atoms with Crippen molar-refractivity contribution in [2.75, 3.05) is 13.2 Å². The van der Waals surface area contributed by atoms with Crippen molar-refractivity contribution in [2.45, 2.75) is 46.3 Å². The van der Waals surface area contributed by atoms with Crippen LogP contribution in [0.15, 0.2) is 12.2 Å². The van der Waals surface area contributed by atoms with E-state index in [-0.39, 0.29) is 13.2 Å². The Hall–Kier alpha value is -2.05. The van der Waals surface area contributed by atoms with E-state index in [0.29, 0.717) is 0 Å². The van der Waals surface area contributed by atoms with Crippen LogP contribution >= 0.6 is 0 Å². The summed E-state index contributed by atoms with van der Waals surface area (Å²) in [7, 11) is 0. The molecule has 0 aliphatic rings. The maximum Gasteiger partial charge on any atom is 0.407 e. The number of nitrogens with one attached hydrogen (secondary N) is 1. The second-order valence-electron chi connectivity index (χ2n) is 5.26. The quantitative estimate of drug-likeness (QED) is 0.455. The fourth-order valence-electron chi connectivity index (χ4n) is 1.13. The van der Waals surface area contributed by atoms with Gasteiger partial charge in [0.2, 0.25) is 0 Å². The number of hydrogen-bond acceptors (Lipinski definition) is 6. The van der Waals surface area contributed by atoms with Crippen LogP contribution in [-0.4, -0.2) is 42.9 Å². The van der Waals surface area contributed by atoms with E-state index < -0.39 is 29.7 Å². The maximum absolute atomic E-state index is 11.5. The fourth-order valence-corrected chi connectivity index (χ4v) is 1.13. The van der Waals surface area contributed by atoms with E-state index in [1.807, 2.05) is 0 Å². The third kappa shape index (κ3) is 11.5. The third-order valence-electron chi connectivity index (χ3n) is 1.88. The highest BCUT2D eigenvalue weighted by molar-refractivity contribution is 5.91. The Morgan fingerprint density at radius 2 is 1.62 bits per heavy atom. The van der Waals surface area contributed by atoms with Crippen LogP contribution in [-0.2, 0) is 23.8 Å². The average molecular weight is 301 g/mol. The van der Waals surface area contributed by atoms with Gasteiger partial charge in [0, 0.05) is 12.2 Å². The van der Waals surface area contributed by atoms with Gasteiger partial charge in [-0.1, -0.05) is 0 Å². The zero-order valence-corrected chi connectivity index (χ0v) is 13.1. The molecule has 120 valence electrons. The van der Waals surface area contributed by atoms with Gasteiger partial charge in [0.05, 0.1) is 12.6 Å². The minimum atomic E-state index is -0.694. The van der Waals surface area contributed by atoms with Crippen molar-refractivity contribution >= 4 is 18.0 Å². The van der Waals surface area contributed by atoms with Gasteiger partial charge in [0.15, 0.2) is 0 Å². The predicted octanol–water partition coefficient (Wildman–Crippen LogP) is 1.56. The molecule has 1 atom stereocenters. The molecule has 0 aliphatic carbocycles. The molecule has 21 heavy (non-hydrogen) atoms. The molecule has 7 heteroatoms. The van der Waals surface area contributed by atoms with Crippen molar-refractivity contribution in [2.24, 2.45) is 0 Å². The molecule has 0 bridgehead atoms. The van der Waals surface area contributed by atoms with Crippen LogP contribution in [0.5, 0.6) is 0 Å². The van der Waals surface area contributed by atoms with Gasteiger partial charge in [-0.3, -0.25) is 0 Å². The highest BCUT2D eigenvalue weighted by Gasteiger charge is 2.18. The molecule has 0 unspecified atom stereocenters. The van der Waals surface area contributed by atoms with E-state index in [1.54, 1.807) is 34.6 Å². The fraction of sp³-hybridized carbons (Fsp3) is 0.643. The third-order valence-corrected chi connectivity index (χ3v) is 1.88. The molecule has 0 aliphatic heterocycles. The summed E-state index contributed by atoms with van der Waals surface area (Å²) in [5, 5.41) is 2.52. The number of hydrogen-bond donors (Lipinski definition) is 1. The molecule has 0 aromatic heterocycles. The van der Waals surface area contributed by atoms with Crippen LogP contribution in [0.4, 0.5) is 4.79 Å². The standard InChI is InChI=1S/C14H23NO6/c1-6-19-11(16)7-8-12(17)20-9-10(2)15-13(18)21-14(3,4)5/h7-8,10H,6,9H2,1-5H3,(H,15,18)/b8-7+/t10-/m0/s1. The van der Waals surface area contributed by atoms with Crippen LogP contribution in [0, 0.1) is 0 Å². The molecule has 0 heterocycles. The van der Waals surface area contributed by atoms with Gasteiger partial charge in [0.1, 0.15) is 12.2 Å². The molecule has 0 aromatic rings. The van der Waals surface area contributed by atoms with Gasteiger partial charge >= 0.3 is 18.0 Å². The Morgan fingerprint density at radius 1 is 1.10 bits per heavy atom. The second-order valence-corrected chi connectivity index (χ2v) is 5.26. The molecule has 1 amide bonds. The SMILES string of the molecule is CCOC(=O)/C=C/C(=O)OC[C@H](C)NC(=O)OC(C)(C)C. The molecular formula is C14H23NO6. The number of carbonyl (C=O) groups is 3. The second kappa shape index (κ2) is 8.99. The highest BCUT2D eigenvalue weighted by atomic mass is 16.6. The lowest BCUT2D eigenvalue weighted by Gasteiger charge is -2.21. The summed E-state index contributed by atoms with van der Waals surface area (Å²) in [5.74, 6) is -1.31. The molecule has 0 aromatic carbocycles. The van der Waals surface area contributed by atoms with Gasteiger partial charge in [-0.2, -0.15) is 0 Å². The molecule has 0 fully saturated rings. The molecule has 0 rings (SSSR count). The summed E-state index contributed by atoms with van der Waals surface area (Å²) in [6, 6.07) is -0.417. The van der Waals surface area contributed by atoms with Crippen molar-refractivity contribution < 1.29 is 28.6 Å². The Labute approximate surface area is 124 Å². The summed E-state index contributed by atoms with van der Waals surface area (Å²) in [5.41, 5.74) is -0.594. The predicted molar refractivity (Wildman–Crippen MR) is 75.6 cm³/mol. The summed E-state index contributed by atoms with van der Waals surface area (Å²) in [4.78, 5) is 33.7. The van der Waals surface area contributed by atoms with Crippen LogP contribution < -0.4 is 5.32 Å². The van der Waals surface area contributed by atoms with Gasteiger partial charge in [-0.15, -0.1) is 0 Å². The Kier molecular flexibility index (Phi) is 8.11. The first-order chi connectivity index (χ1) is 9.64. The van der Waals surface area contributed by atoms with Crippen molar-refractivity contribution in [1.29, 1.82) is 0 Å². The first-order valence-electron chi connectivity index (χ1n) is 6.65. The summed E-state index contributed by atoms with van der Waals surface area (Å²) < 4.78 is 14.5. The monoisotopic (exact) mass is 301 g/mol. The first kappa shape index (κ1) is 18.9. The van der Waals surface area contributed by atoms with Gasteiger partial charge in [-0.25, -0.2) is 14.4 Å². The summed E-state index contributed by atoms with van der Waals surface area (Å²) >= 11 is 0. The zero-order valence-electron chi connectivity index (χ0n) is 13.1. The average Bonchev–Trinajstić information content (AvgIpc) is 2.31. The maximum atomic E-state index is 11.5. The zero-order chi connectivity index (χ0) is 16.5. The van der Waals surface area contributed by atoms with Crippen LogP contribution in [0.1, 0.15) is 34.6 Å². The minimum absolute atomic E-state index is 0.0365.